The number of benzene rings is 1. The summed E-state index contributed by atoms with van der Waals surface area (Å²) in [6.07, 6.45) is 4.91. The molecule has 25 heavy (non-hydrogen) atoms. The maximum Gasteiger partial charge on any atom is 0.216 e. The van der Waals surface area contributed by atoms with Crippen molar-refractivity contribution >= 4 is 18.4 Å². The van der Waals surface area contributed by atoms with Crippen molar-refractivity contribution in [2.45, 2.75) is 0 Å². The Morgan fingerprint density at radius 2 is 2.00 bits per heavy atom. The number of methoxy groups -OCH3 is 2. The average molecular weight is 357 g/mol. The first-order valence-electron chi connectivity index (χ1n) is 7.21. The molecule has 0 amide bonds. The first-order valence-corrected chi connectivity index (χ1v) is 7.62. The fraction of sp³-hybridized carbons (Fsp3) is 0.125. The van der Waals surface area contributed by atoms with Gasteiger partial charge in [-0.2, -0.15) is 14.9 Å². The van der Waals surface area contributed by atoms with Crippen LogP contribution in [0.25, 0.3) is 11.4 Å². The normalized spacial score (nSPS) is 11.0. The summed E-state index contributed by atoms with van der Waals surface area (Å²) in [5.74, 6) is 1.03. The molecule has 8 nitrogen and oxygen atoms in total. The number of aromatic hydroxyl groups is 1. The minimum Gasteiger partial charge on any atom is -0.502 e. The zero-order valence-corrected chi connectivity index (χ0v) is 14.3. The van der Waals surface area contributed by atoms with Crippen molar-refractivity contribution < 1.29 is 14.6 Å². The molecule has 3 rings (SSSR count). The summed E-state index contributed by atoms with van der Waals surface area (Å²) in [7, 11) is 2.92. The van der Waals surface area contributed by atoms with E-state index in [-0.39, 0.29) is 17.2 Å². The molecule has 1 aromatic carbocycles. The SMILES string of the molecule is COc1cc(/C=N/n2c(-c3cccnc3)n[nH]c2=S)cc(OC)c1O. The standard InChI is InChI=1S/C16H15N5O3S/c1-23-12-6-10(7-13(24-2)14(12)22)8-18-21-15(19-20-16(21)25)11-4-3-5-17-9-11/h3-9,22H,1-2H3,(H,20,25)/b18-8+. The van der Waals surface area contributed by atoms with E-state index in [1.54, 1.807) is 36.8 Å². The van der Waals surface area contributed by atoms with Gasteiger partial charge in [0, 0.05) is 23.5 Å². The average Bonchev–Trinajstić information content (AvgIpc) is 3.02. The zero-order chi connectivity index (χ0) is 17.8. The summed E-state index contributed by atoms with van der Waals surface area (Å²) in [6.45, 7) is 0. The van der Waals surface area contributed by atoms with E-state index in [0.717, 1.165) is 5.56 Å². The number of rotatable bonds is 5. The molecule has 0 aliphatic rings. The van der Waals surface area contributed by atoms with Crippen LogP contribution in [0.2, 0.25) is 0 Å². The number of hydrogen-bond donors (Lipinski definition) is 2. The number of nitrogens with zero attached hydrogens (tertiary/aromatic N) is 4. The van der Waals surface area contributed by atoms with Gasteiger partial charge in [0.25, 0.3) is 0 Å². The van der Waals surface area contributed by atoms with E-state index >= 15 is 0 Å². The second kappa shape index (κ2) is 7.14. The summed E-state index contributed by atoms with van der Waals surface area (Å²) in [4.78, 5) is 4.07. The Balaban J connectivity index is 2.01. The lowest BCUT2D eigenvalue weighted by Crippen LogP contribution is -1.96. The van der Waals surface area contributed by atoms with E-state index in [4.69, 9.17) is 21.7 Å². The molecule has 0 atom stereocenters. The zero-order valence-electron chi connectivity index (χ0n) is 13.5. The molecule has 0 aliphatic heterocycles. The molecule has 9 heteroatoms. The number of H-pyrrole nitrogens is 1. The Morgan fingerprint density at radius 3 is 2.60 bits per heavy atom. The van der Waals surface area contributed by atoms with Gasteiger partial charge in [-0.25, -0.2) is 5.10 Å². The number of aromatic nitrogens is 4. The monoisotopic (exact) mass is 357 g/mol. The molecule has 0 radical (unpaired) electrons. The third-order valence-corrected chi connectivity index (χ3v) is 3.66. The molecule has 2 aromatic heterocycles. The van der Waals surface area contributed by atoms with Crippen LogP contribution in [-0.2, 0) is 0 Å². The minimum absolute atomic E-state index is 0.0712. The van der Waals surface area contributed by atoms with Crippen molar-refractivity contribution in [2.24, 2.45) is 5.10 Å². The molecule has 128 valence electrons. The lowest BCUT2D eigenvalue weighted by Gasteiger charge is -2.09. The van der Waals surface area contributed by atoms with Crippen LogP contribution in [-0.4, -0.2) is 45.4 Å². The largest absolute Gasteiger partial charge is 0.502 e. The van der Waals surface area contributed by atoms with E-state index in [2.05, 4.69) is 20.3 Å². The third-order valence-electron chi connectivity index (χ3n) is 3.39. The molecule has 2 heterocycles. The first kappa shape index (κ1) is 16.7. The van der Waals surface area contributed by atoms with Crippen molar-refractivity contribution in [3.8, 4) is 28.6 Å². The Morgan fingerprint density at radius 1 is 1.28 bits per heavy atom. The highest BCUT2D eigenvalue weighted by atomic mass is 32.1. The van der Waals surface area contributed by atoms with Crippen LogP contribution in [0, 0.1) is 4.77 Å². The summed E-state index contributed by atoms with van der Waals surface area (Å²) in [6, 6.07) is 6.93. The molecule has 0 bridgehead atoms. The number of nitrogens with one attached hydrogen (secondary N) is 1. The molecule has 2 N–H and O–H groups in total. The molecular weight excluding hydrogens is 342 g/mol. The fourth-order valence-electron chi connectivity index (χ4n) is 2.19. The Bertz CT molecular complexity index is 940. The van der Waals surface area contributed by atoms with Gasteiger partial charge in [-0.05, 0) is 36.5 Å². The summed E-state index contributed by atoms with van der Waals surface area (Å²) >= 11 is 5.23. The van der Waals surface area contributed by atoms with Crippen molar-refractivity contribution in [3.63, 3.8) is 0 Å². The van der Waals surface area contributed by atoms with Gasteiger partial charge in [-0.15, -0.1) is 0 Å². The van der Waals surface area contributed by atoms with E-state index in [9.17, 15) is 5.11 Å². The van der Waals surface area contributed by atoms with Crippen LogP contribution in [0.1, 0.15) is 5.56 Å². The Labute approximate surface area is 148 Å². The second-order valence-electron chi connectivity index (χ2n) is 4.92. The summed E-state index contributed by atoms with van der Waals surface area (Å²) in [5.41, 5.74) is 1.43. The van der Waals surface area contributed by atoms with Gasteiger partial charge in [-0.3, -0.25) is 4.98 Å². The topological polar surface area (TPSA) is 97.6 Å². The lowest BCUT2D eigenvalue weighted by atomic mass is 10.2. The van der Waals surface area contributed by atoms with Crippen molar-refractivity contribution in [1.29, 1.82) is 0 Å². The van der Waals surface area contributed by atoms with Gasteiger partial charge in [-0.1, -0.05) is 0 Å². The van der Waals surface area contributed by atoms with Gasteiger partial charge < -0.3 is 14.6 Å². The van der Waals surface area contributed by atoms with Gasteiger partial charge in [0.2, 0.25) is 10.5 Å². The lowest BCUT2D eigenvalue weighted by molar-refractivity contribution is 0.340. The molecule has 0 unspecified atom stereocenters. The highest BCUT2D eigenvalue weighted by molar-refractivity contribution is 7.71. The van der Waals surface area contributed by atoms with Crippen LogP contribution in [0.5, 0.6) is 17.2 Å². The molecule has 0 spiro atoms. The van der Waals surface area contributed by atoms with Crippen molar-refractivity contribution in [3.05, 3.63) is 47.0 Å². The maximum atomic E-state index is 9.96. The number of hydrogen-bond acceptors (Lipinski definition) is 7. The van der Waals surface area contributed by atoms with E-state index in [1.807, 2.05) is 6.07 Å². The minimum atomic E-state index is -0.0712. The summed E-state index contributed by atoms with van der Waals surface area (Å²) in [5, 5.41) is 21.2. The number of phenols is 1. The van der Waals surface area contributed by atoms with Gasteiger partial charge >= 0.3 is 0 Å². The fourth-order valence-corrected chi connectivity index (χ4v) is 2.37. The van der Waals surface area contributed by atoms with Gasteiger partial charge in [0.05, 0.1) is 20.4 Å². The number of pyridine rings is 1. The second-order valence-corrected chi connectivity index (χ2v) is 5.31. The highest BCUT2D eigenvalue weighted by Crippen LogP contribution is 2.36. The van der Waals surface area contributed by atoms with Gasteiger partial charge in [0.15, 0.2) is 17.3 Å². The van der Waals surface area contributed by atoms with Crippen LogP contribution in [0.4, 0.5) is 0 Å². The molecule has 0 aliphatic carbocycles. The van der Waals surface area contributed by atoms with Crippen LogP contribution < -0.4 is 9.47 Å². The first-order chi connectivity index (χ1) is 12.1. The third kappa shape index (κ3) is 3.36. The van der Waals surface area contributed by atoms with E-state index in [1.165, 1.54) is 18.9 Å². The van der Waals surface area contributed by atoms with Crippen molar-refractivity contribution in [1.82, 2.24) is 19.9 Å². The smallest absolute Gasteiger partial charge is 0.216 e. The van der Waals surface area contributed by atoms with Crippen molar-refractivity contribution in [2.75, 3.05) is 14.2 Å². The van der Waals surface area contributed by atoms with Gasteiger partial charge in [0.1, 0.15) is 0 Å². The maximum absolute atomic E-state index is 9.96. The number of ether oxygens (including phenoxy) is 2. The quantitative estimate of drug-likeness (QED) is 0.538. The molecule has 0 fully saturated rings. The van der Waals surface area contributed by atoms with E-state index in [0.29, 0.717) is 16.2 Å². The summed E-state index contributed by atoms with van der Waals surface area (Å²) < 4.78 is 12.1. The molecule has 0 saturated carbocycles. The molecular formula is C16H15N5O3S. The van der Waals surface area contributed by atoms with Crippen LogP contribution >= 0.6 is 12.2 Å². The predicted molar refractivity (Wildman–Crippen MR) is 94.8 cm³/mol. The number of phenolic OH excluding ortho intramolecular Hbond substituents is 1. The van der Waals surface area contributed by atoms with Crippen LogP contribution in [0.3, 0.4) is 0 Å². The Kier molecular flexibility index (Phi) is 4.75. The van der Waals surface area contributed by atoms with Crippen LogP contribution in [0.15, 0.2) is 41.8 Å². The number of aromatic amines is 1. The molecule has 3 aromatic rings. The Hall–Kier alpha value is -3.20. The predicted octanol–water partition coefficient (Wildman–Crippen LogP) is 2.61. The highest BCUT2D eigenvalue weighted by Gasteiger charge is 2.11. The van der Waals surface area contributed by atoms with E-state index < -0.39 is 0 Å². The molecule has 0 saturated heterocycles.